The molecule has 0 unspecified atom stereocenters. The largest absolute Gasteiger partial charge is 0.465 e. The molecule has 0 saturated carbocycles. The molecule has 0 amide bonds. The molecule has 1 aliphatic heterocycles. The van der Waals surface area contributed by atoms with E-state index in [1.807, 2.05) is 6.07 Å². The summed E-state index contributed by atoms with van der Waals surface area (Å²) in [5, 5.41) is 0. The number of methoxy groups -OCH3 is 1. The summed E-state index contributed by atoms with van der Waals surface area (Å²) in [4.78, 5) is 13.9. The molecule has 17 heavy (non-hydrogen) atoms. The van der Waals surface area contributed by atoms with Crippen LogP contribution < -0.4 is 10.6 Å². The van der Waals surface area contributed by atoms with E-state index in [0.29, 0.717) is 12.1 Å². The molecule has 1 fully saturated rings. The molecule has 0 aliphatic carbocycles. The van der Waals surface area contributed by atoms with E-state index >= 15 is 0 Å². The topological polar surface area (TPSA) is 55.6 Å². The van der Waals surface area contributed by atoms with Crippen molar-refractivity contribution in [3.8, 4) is 0 Å². The quantitative estimate of drug-likeness (QED) is 0.806. The summed E-state index contributed by atoms with van der Waals surface area (Å²) in [6, 6.07) is 5.74. The van der Waals surface area contributed by atoms with Gasteiger partial charge in [0.1, 0.15) is 0 Å². The van der Waals surface area contributed by atoms with Crippen molar-refractivity contribution in [2.24, 2.45) is 5.73 Å². The number of benzene rings is 1. The summed E-state index contributed by atoms with van der Waals surface area (Å²) in [6.07, 6.45) is 2.42. The average Bonchev–Trinajstić information content (AvgIpc) is 2.91. The zero-order valence-corrected chi connectivity index (χ0v) is 10.1. The third kappa shape index (κ3) is 2.58. The molecule has 0 bridgehead atoms. The van der Waals surface area contributed by atoms with Gasteiger partial charge >= 0.3 is 5.97 Å². The SMILES string of the molecule is COC(=O)c1cc(CN)cc(N2CCCC2)c1. The van der Waals surface area contributed by atoms with Gasteiger partial charge in [-0.15, -0.1) is 0 Å². The lowest BCUT2D eigenvalue weighted by molar-refractivity contribution is 0.0600. The van der Waals surface area contributed by atoms with Crippen molar-refractivity contribution in [3.05, 3.63) is 29.3 Å². The van der Waals surface area contributed by atoms with Gasteiger partial charge in [0, 0.05) is 25.3 Å². The Morgan fingerprint density at radius 3 is 2.65 bits per heavy atom. The van der Waals surface area contributed by atoms with Gasteiger partial charge in [0.05, 0.1) is 12.7 Å². The molecule has 4 nitrogen and oxygen atoms in total. The number of carbonyl (C=O) groups is 1. The summed E-state index contributed by atoms with van der Waals surface area (Å²) >= 11 is 0. The van der Waals surface area contributed by atoms with Crippen LogP contribution in [0.2, 0.25) is 0 Å². The van der Waals surface area contributed by atoms with Crippen molar-refractivity contribution >= 4 is 11.7 Å². The molecular weight excluding hydrogens is 216 g/mol. The second kappa shape index (κ2) is 5.19. The number of nitrogens with two attached hydrogens (primary N) is 1. The lowest BCUT2D eigenvalue weighted by Gasteiger charge is -2.19. The second-order valence-corrected chi connectivity index (χ2v) is 4.28. The first-order chi connectivity index (χ1) is 8.24. The van der Waals surface area contributed by atoms with Gasteiger partial charge in [0.2, 0.25) is 0 Å². The van der Waals surface area contributed by atoms with Crippen molar-refractivity contribution < 1.29 is 9.53 Å². The van der Waals surface area contributed by atoms with E-state index in [2.05, 4.69) is 11.0 Å². The minimum atomic E-state index is -0.305. The number of hydrogen-bond acceptors (Lipinski definition) is 4. The normalized spacial score (nSPS) is 15.1. The first-order valence-corrected chi connectivity index (χ1v) is 5.92. The molecular formula is C13H18N2O2. The Balaban J connectivity index is 2.34. The molecule has 0 spiro atoms. The van der Waals surface area contributed by atoms with Gasteiger partial charge < -0.3 is 15.4 Å². The Kier molecular flexibility index (Phi) is 3.64. The zero-order valence-electron chi connectivity index (χ0n) is 10.1. The number of ether oxygens (including phenoxy) is 1. The first kappa shape index (κ1) is 11.9. The maximum Gasteiger partial charge on any atom is 0.337 e. The van der Waals surface area contributed by atoms with Crippen LogP contribution in [-0.2, 0) is 11.3 Å². The molecule has 0 radical (unpaired) electrons. The Morgan fingerprint density at radius 2 is 2.06 bits per heavy atom. The highest BCUT2D eigenvalue weighted by atomic mass is 16.5. The van der Waals surface area contributed by atoms with Crippen LogP contribution in [0.1, 0.15) is 28.8 Å². The van der Waals surface area contributed by atoms with Crippen molar-refractivity contribution in [1.29, 1.82) is 0 Å². The Hall–Kier alpha value is -1.55. The Bertz CT molecular complexity index is 412. The minimum Gasteiger partial charge on any atom is -0.465 e. The van der Waals surface area contributed by atoms with E-state index in [1.165, 1.54) is 20.0 Å². The van der Waals surface area contributed by atoms with E-state index in [1.54, 1.807) is 6.07 Å². The highest BCUT2D eigenvalue weighted by Crippen LogP contribution is 2.23. The predicted octanol–water partition coefficient (Wildman–Crippen LogP) is 1.53. The van der Waals surface area contributed by atoms with Gasteiger partial charge in [-0.1, -0.05) is 0 Å². The van der Waals surface area contributed by atoms with Gasteiger partial charge in [-0.25, -0.2) is 4.79 Å². The van der Waals surface area contributed by atoms with E-state index in [-0.39, 0.29) is 5.97 Å². The molecule has 4 heteroatoms. The fourth-order valence-corrected chi connectivity index (χ4v) is 2.19. The van der Waals surface area contributed by atoms with Crippen LogP contribution in [-0.4, -0.2) is 26.2 Å². The zero-order chi connectivity index (χ0) is 12.3. The Morgan fingerprint density at radius 1 is 1.35 bits per heavy atom. The summed E-state index contributed by atoms with van der Waals surface area (Å²) in [5.74, 6) is -0.305. The molecule has 2 rings (SSSR count). The van der Waals surface area contributed by atoms with Crippen LogP contribution in [0.3, 0.4) is 0 Å². The fourth-order valence-electron chi connectivity index (χ4n) is 2.19. The van der Waals surface area contributed by atoms with Crippen molar-refractivity contribution in [3.63, 3.8) is 0 Å². The van der Waals surface area contributed by atoms with Gasteiger partial charge in [-0.3, -0.25) is 0 Å². The van der Waals surface area contributed by atoms with Gasteiger partial charge in [-0.05, 0) is 36.6 Å². The van der Waals surface area contributed by atoms with Crippen LogP contribution in [0.5, 0.6) is 0 Å². The number of esters is 1. The average molecular weight is 234 g/mol. The third-order valence-electron chi connectivity index (χ3n) is 3.11. The number of anilines is 1. The van der Waals surface area contributed by atoms with E-state index in [0.717, 1.165) is 24.3 Å². The molecule has 0 aromatic heterocycles. The van der Waals surface area contributed by atoms with Crippen LogP contribution in [0, 0.1) is 0 Å². The number of nitrogens with zero attached hydrogens (tertiary/aromatic N) is 1. The summed E-state index contributed by atoms with van der Waals surface area (Å²) in [5.41, 5.74) is 8.28. The third-order valence-corrected chi connectivity index (χ3v) is 3.11. The summed E-state index contributed by atoms with van der Waals surface area (Å²) in [7, 11) is 1.40. The Labute approximate surface area is 101 Å². The van der Waals surface area contributed by atoms with Crippen LogP contribution in [0.15, 0.2) is 18.2 Å². The van der Waals surface area contributed by atoms with Gasteiger partial charge in [0.25, 0.3) is 0 Å². The lowest BCUT2D eigenvalue weighted by atomic mass is 10.1. The highest BCUT2D eigenvalue weighted by molar-refractivity contribution is 5.90. The van der Waals surface area contributed by atoms with Crippen LogP contribution in [0.25, 0.3) is 0 Å². The maximum absolute atomic E-state index is 11.6. The standard InChI is InChI=1S/C13H18N2O2/c1-17-13(16)11-6-10(9-14)7-12(8-11)15-4-2-3-5-15/h6-8H,2-5,9,14H2,1H3. The maximum atomic E-state index is 11.6. The summed E-state index contributed by atoms with van der Waals surface area (Å²) in [6.45, 7) is 2.54. The first-order valence-electron chi connectivity index (χ1n) is 5.92. The predicted molar refractivity (Wildman–Crippen MR) is 67.1 cm³/mol. The van der Waals surface area contributed by atoms with E-state index in [4.69, 9.17) is 10.5 Å². The molecule has 1 aliphatic rings. The smallest absolute Gasteiger partial charge is 0.337 e. The molecule has 2 N–H and O–H groups in total. The molecule has 1 aromatic carbocycles. The minimum absolute atomic E-state index is 0.305. The van der Waals surface area contributed by atoms with Crippen LogP contribution in [0.4, 0.5) is 5.69 Å². The van der Waals surface area contributed by atoms with E-state index < -0.39 is 0 Å². The lowest BCUT2D eigenvalue weighted by Crippen LogP contribution is -2.19. The number of hydrogen-bond donors (Lipinski definition) is 1. The molecule has 92 valence electrons. The highest BCUT2D eigenvalue weighted by Gasteiger charge is 2.15. The monoisotopic (exact) mass is 234 g/mol. The number of rotatable bonds is 3. The van der Waals surface area contributed by atoms with Crippen molar-refractivity contribution in [2.75, 3.05) is 25.1 Å². The van der Waals surface area contributed by atoms with Crippen LogP contribution >= 0.6 is 0 Å². The summed E-state index contributed by atoms with van der Waals surface area (Å²) < 4.78 is 4.76. The second-order valence-electron chi connectivity index (χ2n) is 4.28. The molecule has 1 aromatic rings. The van der Waals surface area contributed by atoms with Gasteiger partial charge in [0.15, 0.2) is 0 Å². The van der Waals surface area contributed by atoms with Crippen molar-refractivity contribution in [1.82, 2.24) is 0 Å². The molecule has 0 atom stereocenters. The van der Waals surface area contributed by atoms with Crippen molar-refractivity contribution in [2.45, 2.75) is 19.4 Å². The number of carbonyl (C=O) groups excluding carboxylic acids is 1. The molecule has 1 saturated heterocycles. The molecule has 1 heterocycles. The van der Waals surface area contributed by atoms with Gasteiger partial charge in [-0.2, -0.15) is 0 Å². The fraction of sp³-hybridized carbons (Fsp3) is 0.462. The van der Waals surface area contributed by atoms with E-state index in [9.17, 15) is 4.79 Å².